The molecule has 2 aliphatic rings. The van der Waals surface area contributed by atoms with Crippen LogP contribution in [0.1, 0.15) is 78.1 Å². The van der Waals surface area contributed by atoms with E-state index in [4.69, 9.17) is 4.74 Å². The minimum Gasteiger partial charge on any atom is -0.465 e. The van der Waals surface area contributed by atoms with Gasteiger partial charge in [-0.1, -0.05) is 39.0 Å². The smallest absolute Gasteiger partial charge is 0.326 e. The molecule has 0 aromatic rings. The van der Waals surface area contributed by atoms with E-state index in [1.807, 2.05) is 6.92 Å². The summed E-state index contributed by atoms with van der Waals surface area (Å²) in [6, 6.07) is 0.512. The number of ether oxygens (including phenoxy) is 1. The second kappa shape index (κ2) is 7.44. The Bertz CT molecular complexity index is 310. The Morgan fingerprint density at radius 1 is 1.15 bits per heavy atom. The number of rotatable bonds is 5. The summed E-state index contributed by atoms with van der Waals surface area (Å²) in [5, 5.41) is 3.75. The number of hydrogen-bond acceptors (Lipinski definition) is 3. The molecule has 116 valence electrons. The summed E-state index contributed by atoms with van der Waals surface area (Å²) in [4.78, 5) is 12.5. The van der Waals surface area contributed by atoms with Crippen LogP contribution in [0.2, 0.25) is 0 Å². The van der Waals surface area contributed by atoms with E-state index in [-0.39, 0.29) is 11.5 Å². The van der Waals surface area contributed by atoms with Gasteiger partial charge in [0, 0.05) is 6.04 Å². The zero-order valence-corrected chi connectivity index (χ0v) is 13.2. The summed E-state index contributed by atoms with van der Waals surface area (Å²) in [6.07, 6.45) is 12.0. The van der Waals surface area contributed by atoms with Crippen molar-refractivity contribution in [1.29, 1.82) is 0 Å². The lowest BCUT2D eigenvalue weighted by atomic mass is 9.92. The molecular weight excluding hydrogens is 250 g/mol. The molecule has 0 saturated heterocycles. The summed E-state index contributed by atoms with van der Waals surface area (Å²) < 4.78 is 5.39. The maximum absolute atomic E-state index is 12.5. The summed E-state index contributed by atoms with van der Waals surface area (Å²) in [6.45, 7) is 4.63. The number of nitrogens with one attached hydrogen (secondary N) is 1. The second-order valence-electron chi connectivity index (χ2n) is 6.65. The Balaban J connectivity index is 2.04. The Morgan fingerprint density at radius 2 is 1.85 bits per heavy atom. The normalized spacial score (nSPS) is 32.0. The first kappa shape index (κ1) is 15.8. The average molecular weight is 281 g/mol. The Kier molecular flexibility index (Phi) is 5.88. The second-order valence-corrected chi connectivity index (χ2v) is 6.65. The van der Waals surface area contributed by atoms with Gasteiger partial charge in [0.2, 0.25) is 0 Å². The Morgan fingerprint density at radius 3 is 2.40 bits per heavy atom. The van der Waals surface area contributed by atoms with Gasteiger partial charge in [-0.3, -0.25) is 10.1 Å². The fraction of sp³-hybridized carbons (Fsp3) is 0.941. The molecule has 3 nitrogen and oxygen atoms in total. The van der Waals surface area contributed by atoms with Gasteiger partial charge in [-0.25, -0.2) is 0 Å². The van der Waals surface area contributed by atoms with Crippen LogP contribution in [0.15, 0.2) is 0 Å². The molecule has 2 fully saturated rings. The molecule has 3 heteroatoms. The number of carbonyl (C=O) groups excluding carboxylic acids is 1. The van der Waals surface area contributed by atoms with Gasteiger partial charge in [-0.2, -0.15) is 0 Å². The molecule has 2 unspecified atom stereocenters. The minimum absolute atomic E-state index is 0.000182. The first-order valence-corrected chi connectivity index (χ1v) is 8.65. The van der Waals surface area contributed by atoms with Crippen molar-refractivity contribution in [1.82, 2.24) is 5.32 Å². The van der Waals surface area contributed by atoms with Gasteiger partial charge in [-0.05, 0) is 44.9 Å². The van der Waals surface area contributed by atoms with E-state index < -0.39 is 0 Å². The molecule has 2 aliphatic carbocycles. The third-order valence-electron chi connectivity index (χ3n) is 5.20. The molecule has 2 saturated carbocycles. The third kappa shape index (κ3) is 3.75. The van der Waals surface area contributed by atoms with Gasteiger partial charge in [-0.15, -0.1) is 0 Å². The van der Waals surface area contributed by atoms with Crippen LogP contribution in [-0.2, 0) is 9.53 Å². The molecule has 0 radical (unpaired) electrons. The maximum atomic E-state index is 12.5. The number of carbonyl (C=O) groups is 1. The summed E-state index contributed by atoms with van der Waals surface area (Å²) in [5.41, 5.74) is -0.383. The molecule has 2 atom stereocenters. The molecule has 0 bridgehead atoms. The highest BCUT2D eigenvalue weighted by Gasteiger charge is 2.46. The van der Waals surface area contributed by atoms with E-state index in [9.17, 15) is 4.79 Å². The Labute approximate surface area is 123 Å². The van der Waals surface area contributed by atoms with Crippen molar-refractivity contribution in [2.45, 2.75) is 89.6 Å². The van der Waals surface area contributed by atoms with Gasteiger partial charge in [0.1, 0.15) is 5.54 Å². The monoisotopic (exact) mass is 281 g/mol. The highest BCUT2D eigenvalue weighted by atomic mass is 16.5. The van der Waals surface area contributed by atoms with E-state index in [0.717, 1.165) is 19.3 Å². The van der Waals surface area contributed by atoms with Crippen molar-refractivity contribution >= 4 is 5.97 Å². The predicted molar refractivity (Wildman–Crippen MR) is 81.6 cm³/mol. The molecular formula is C17H31NO2. The van der Waals surface area contributed by atoms with Crippen molar-refractivity contribution in [3.05, 3.63) is 0 Å². The number of hydrogen-bond donors (Lipinski definition) is 1. The van der Waals surface area contributed by atoms with Crippen LogP contribution in [0.25, 0.3) is 0 Å². The largest absolute Gasteiger partial charge is 0.465 e. The van der Waals surface area contributed by atoms with Crippen LogP contribution >= 0.6 is 0 Å². The standard InChI is InChI=1S/C17H31NO2/c1-3-14-11-12-17(13-14,16(19)20-4-2)18-15-9-7-5-6-8-10-15/h14-15,18H,3-13H2,1-2H3. The molecule has 0 aromatic heterocycles. The fourth-order valence-electron chi connectivity index (χ4n) is 3.96. The van der Waals surface area contributed by atoms with Crippen LogP contribution < -0.4 is 5.32 Å². The van der Waals surface area contributed by atoms with Crippen molar-refractivity contribution < 1.29 is 9.53 Å². The maximum Gasteiger partial charge on any atom is 0.326 e. The first-order valence-electron chi connectivity index (χ1n) is 8.65. The van der Waals surface area contributed by atoms with Crippen molar-refractivity contribution in [3.63, 3.8) is 0 Å². The van der Waals surface area contributed by atoms with E-state index in [1.165, 1.54) is 44.9 Å². The van der Waals surface area contributed by atoms with Crippen molar-refractivity contribution in [3.8, 4) is 0 Å². The van der Waals surface area contributed by atoms with Crippen molar-refractivity contribution in [2.24, 2.45) is 5.92 Å². The molecule has 0 amide bonds. The van der Waals surface area contributed by atoms with Crippen LogP contribution in [0.3, 0.4) is 0 Å². The highest BCUT2D eigenvalue weighted by molar-refractivity contribution is 5.81. The van der Waals surface area contributed by atoms with Crippen LogP contribution in [-0.4, -0.2) is 24.2 Å². The Hall–Kier alpha value is -0.570. The highest BCUT2D eigenvalue weighted by Crippen LogP contribution is 2.38. The summed E-state index contributed by atoms with van der Waals surface area (Å²) >= 11 is 0. The minimum atomic E-state index is -0.383. The van der Waals surface area contributed by atoms with E-state index >= 15 is 0 Å². The van der Waals surface area contributed by atoms with Gasteiger partial charge < -0.3 is 4.74 Å². The lowest BCUT2D eigenvalue weighted by Crippen LogP contribution is -2.55. The molecule has 20 heavy (non-hydrogen) atoms. The zero-order chi connectivity index (χ0) is 14.4. The molecule has 0 aliphatic heterocycles. The number of esters is 1. The average Bonchev–Trinajstić information content (AvgIpc) is 2.70. The first-order chi connectivity index (χ1) is 9.70. The van der Waals surface area contributed by atoms with Crippen LogP contribution in [0.4, 0.5) is 0 Å². The van der Waals surface area contributed by atoms with Crippen molar-refractivity contribution in [2.75, 3.05) is 6.61 Å². The predicted octanol–water partition coefficient (Wildman–Crippen LogP) is 3.81. The lowest BCUT2D eigenvalue weighted by molar-refractivity contribution is -0.151. The van der Waals surface area contributed by atoms with Crippen LogP contribution in [0, 0.1) is 5.92 Å². The molecule has 1 N–H and O–H groups in total. The van der Waals surface area contributed by atoms with E-state index in [2.05, 4.69) is 12.2 Å². The molecule has 2 rings (SSSR count). The lowest BCUT2D eigenvalue weighted by Gasteiger charge is -2.33. The zero-order valence-electron chi connectivity index (χ0n) is 13.2. The van der Waals surface area contributed by atoms with Crippen LogP contribution in [0.5, 0.6) is 0 Å². The summed E-state index contributed by atoms with van der Waals surface area (Å²) in [7, 11) is 0. The van der Waals surface area contributed by atoms with E-state index in [0.29, 0.717) is 18.6 Å². The SMILES string of the molecule is CCOC(=O)C1(NC2CCCCCC2)CCC(CC)C1. The van der Waals surface area contributed by atoms with E-state index in [1.54, 1.807) is 0 Å². The van der Waals surface area contributed by atoms with Gasteiger partial charge in [0.25, 0.3) is 0 Å². The van der Waals surface area contributed by atoms with Gasteiger partial charge in [0.05, 0.1) is 6.61 Å². The molecule has 0 heterocycles. The van der Waals surface area contributed by atoms with Gasteiger partial charge in [0.15, 0.2) is 0 Å². The molecule has 0 aromatic carbocycles. The quantitative estimate of drug-likeness (QED) is 0.615. The van der Waals surface area contributed by atoms with Gasteiger partial charge >= 0.3 is 5.97 Å². The topological polar surface area (TPSA) is 38.3 Å². The summed E-state index contributed by atoms with van der Waals surface area (Å²) in [5.74, 6) is 0.679. The molecule has 0 spiro atoms. The fourth-order valence-corrected chi connectivity index (χ4v) is 3.96. The third-order valence-corrected chi connectivity index (χ3v) is 5.20.